The van der Waals surface area contributed by atoms with E-state index in [9.17, 15) is 0 Å². The van der Waals surface area contributed by atoms with Crippen LogP contribution in [0.25, 0.3) is 0 Å². The van der Waals surface area contributed by atoms with Gasteiger partial charge in [0.05, 0.1) is 33.0 Å². The van der Waals surface area contributed by atoms with E-state index in [0.717, 1.165) is 26.1 Å². The number of alkyl halides is 1. The number of rotatable bonds is 15. The molecule has 0 aliphatic heterocycles. The van der Waals surface area contributed by atoms with Crippen molar-refractivity contribution in [2.75, 3.05) is 58.6 Å². The number of unbranched alkanes of at least 4 members (excludes halogenated alkanes) is 1. The highest BCUT2D eigenvalue weighted by atomic mass is 35.5. The first-order valence-electron chi connectivity index (χ1n) is 7.31. The van der Waals surface area contributed by atoms with Gasteiger partial charge in [0.15, 0.2) is 0 Å². The largest absolute Gasteiger partial charge is 0.379 e. The van der Waals surface area contributed by atoms with Gasteiger partial charge in [0.2, 0.25) is 0 Å². The van der Waals surface area contributed by atoms with Crippen molar-refractivity contribution in [3.8, 4) is 0 Å². The Bertz CT molecular complexity index is 173. The SMILES string of the molecule is CCCCOCCOCCOCCNCC(C)CCl. The Morgan fingerprint density at radius 1 is 0.947 bits per heavy atom. The summed E-state index contributed by atoms with van der Waals surface area (Å²) in [6, 6.07) is 0. The number of nitrogens with one attached hydrogen (secondary N) is 1. The van der Waals surface area contributed by atoms with Crippen molar-refractivity contribution in [1.29, 1.82) is 0 Å². The van der Waals surface area contributed by atoms with E-state index in [1.807, 2.05) is 0 Å². The van der Waals surface area contributed by atoms with Crippen LogP contribution in [0.15, 0.2) is 0 Å². The molecule has 0 aromatic heterocycles. The van der Waals surface area contributed by atoms with Crippen molar-refractivity contribution >= 4 is 11.6 Å². The molecule has 5 heteroatoms. The van der Waals surface area contributed by atoms with E-state index in [0.29, 0.717) is 44.8 Å². The van der Waals surface area contributed by atoms with Gasteiger partial charge in [-0.25, -0.2) is 0 Å². The topological polar surface area (TPSA) is 39.7 Å². The molecule has 0 aromatic rings. The number of hydrogen-bond donors (Lipinski definition) is 1. The van der Waals surface area contributed by atoms with E-state index in [-0.39, 0.29) is 0 Å². The van der Waals surface area contributed by atoms with E-state index >= 15 is 0 Å². The summed E-state index contributed by atoms with van der Waals surface area (Å²) in [5.41, 5.74) is 0. The average molecular weight is 296 g/mol. The van der Waals surface area contributed by atoms with E-state index < -0.39 is 0 Å². The predicted octanol–water partition coefficient (Wildman–Crippen LogP) is 2.30. The summed E-state index contributed by atoms with van der Waals surface area (Å²) in [5.74, 6) is 1.21. The molecule has 0 aliphatic rings. The van der Waals surface area contributed by atoms with Crippen molar-refractivity contribution < 1.29 is 14.2 Å². The van der Waals surface area contributed by atoms with Gasteiger partial charge in [-0.05, 0) is 18.9 Å². The minimum absolute atomic E-state index is 0.512. The molecule has 0 spiro atoms. The van der Waals surface area contributed by atoms with Crippen LogP contribution >= 0.6 is 11.6 Å². The summed E-state index contributed by atoms with van der Waals surface area (Å²) in [4.78, 5) is 0. The van der Waals surface area contributed by atoms with Crippen molar-refractivity contribution in [3.63, 3.8) is 0 Å². The van der Waals surface area contributed by atoms with Crippen molar-refractivity contribution in [1.82, 2.24) is 5.32 Å². The molecule has 0 aliphatic carbocycles. The van der Waals surface area contributed by atoms with Gasteiger partial charge < -0.3 is 19.5 Å². The van der Waals surface area contributed by atoms with Crippen LogP contribution in [-0.2, 0) is 14.2 Å². The van der Waals surface area contributed by atoms with Crippen LogP contribution in [0.4, 0.5) is 0 Å². The maximum absolute atomic E-state index is 5.70. The molecule has 0 fully saturated rings. The van der Waals surface area contributed by atoms with Crippen LogP contribution in [0.1, 0.15) is 26.7 Å². The molecule has 0 aromatic carbocycles. The summed E-state index contributed by atoms with van der Waals surface area (Å²) in [6.07, 6.45) is 2.30. The molecule has 19 heavy (non-hydrogen) atoms. The first kappa shape index (κ1) is 19.1. The Morgan fingerprint density at radius 3 is 2.11 bits per heavy atom. The lowest BCUT2D eigenvalue weighted by molar-refractivity contribution is 0.0146. The quantitative estimate of drug-likeness (QED) is 0.372. The predicted molar refractivity (Wildman–Crippen MR) is 80.1 cm³/mol. The second-order valence-electron chi connectivity index (χ2n) is 4.65. The van der Waals surface area contributed by atoms with E-state index in [1.54, 1.807) is 0 Å². The molecule has 4 nitrogen and oxygen atoms in total. The second-order valence-corrected chi connectivity index (χ2v) is 4.96. The lowest BCUT2D eigenvalue weighted by atomic mass is 10.2. The molecule has 1 N–H and O–H groups in total. The molecular weight excluding hydrogens is 266 g/mol. The van der Waals surface area contributed by atoms with E-state index in [2.05, 4.69) is 19.2 Å². The molecular formula is C14H30ClNO3. The third kappa shape index (κ3) is 16.1. The summed E-state index contributed by atoms with van der Waals surface area (Å²) in [7, 11) is 0. The molecule has 1 unspecified atom stereocenters. The fraction of sp³-hybridized carbons (Fsp3) is 1.00. The van der Waals surface area contributed by atoms with Gasteiger partial charge in [-0.1, -0.05) is 20.3 Å². The second kappa shape index (κ2) is 16.2. The highest BCUT2D eigenvalue weighted by Crippen LogP contribution is 1.94. The zero-order valence-electron chi connectivity index (χ0n) is 12.5. The summed E-state index contributed by atoms with van der Waals surface area (Å²) >= 11 is 5.70. The lowest BCUT2D eigenvalue weighted by Crippen LogP contribution is -2.26. The molecule has 1 atom stereocenters. The Hall–Kier alpha value is 0.130. The number of hydrogen-bond acceptors (Lipinski definition) is 4. The van der Waals surface area contributed by atoms with Crippen LogP contribution in [0.3, 0.4) is 0 Å². The Kier molecular flexibility index (Phi) is 16.3. The van der Waals surface area contributed by atoms with Crippen LogP contribution in [0.5, 0.6) is 0 Å². The Balaban J connectivity index is 2.95. The van der Waals surface area contributed by atoms with E-state index in [4.69, 9.17) is 25.8 Å². The Labute approximate surface area is 123 Å². The zero-order valence-corrected chi connectivity index (χ0v) is 13.2. The lowest BCUT2D eigenvalue weighted by Gasteiger charge is -2.09. The van der Waals surface area contributed by atoms with Crippen LogP contribution in [0.2, 0.25) is 0 Å². The maximum atomic E-state index is 5.70. The monoisotopic (exact) mass is 295 g/mol. The molecule has 116 valence electrons. The Morgan fingerprint density at radius 2 is 1.53 bits per heavy atom. The van der Waals surface area contributed by atoms with Crippen molar-refractivity contribution in [2.24, 2.45) is 5.92 Å². The minimum Gasteiger partial charge on any atom is -0.379 e. The highest BCUT2D eigenvalue weighted by Gasteiger charge is 1.98. The zero-order chi connectivity index (χ0) is 14.2. The van der Waals surface area contributed by atoms with Crippen molar-refractivity contribution in [2.45, 2.75) is 26.7 Å². The summed E-state index contributed by atoms with van der Waals surface area (Å²) in [5, 5.41) is 3.30. The maximum Gasteiger partial charge on any atom is 0.0701 e. The van der Waals surface area contributed by atoms with Crippen LogP contribution in [-0.4, -0.2) is 58.6 Å². The van der Waals surface area contributed by atoms with Crippen LogP contribution < -0.4 is 5.32 Å². The van der Waals surface area contributed by atoms with Gasteiger partial charge in [0, 0.05) is 19.0 Å². The smallest absolute Gasteiger partial charge is 0.0701 e. The van der Waals surface area contributed by atoms with Crippen molar-refractivity contribution in [3.05, 3.63) is 0 Å². The number of halogens is 1. The first-order valence-corrected chi connectivity index (χ1v) is 7.84. The molecule has 0 amide bonds. The van der Waals surface area contributed by atoms with Gasteiger partial charge in [0.25, 0.3) is 0 Å². The highest BCUT2D eigenvalue weighted by molar-refractivity contribution is 6.18. The van der Waals surface area contributed by atoms with Gasteiger partial charge in [-0.2, -0.15) is 0 Å². The molecule has 0 heterocycles. The normalized spacial score (nSPS) is 12.8. The van der Waals surface area contributed by atoms with Gasteiger partial charge in [-0.15, -0.1) is 11.6 Å². The average Bonchev–Trinajstić information content (AvgIpc) is 2.43. The third-order valence-corrected chi connectivity index (χ3v) is 3.09. The minimum atomic E-state index is 0.512. The fourth-order valence-corrected chi connectivity index (χ4v) is 1.44. The van der Waals surface area contributed by atoms with Crippen LogP contribution in [0, 0.1) is 5.92 Å². The standard InChI is InChI=1S/C14H30ClNO3/c1-3-4-6-17-8-10-19-11-9-18-7-5-16-13-14(2)12-15/h14,16H,3-13H2,1-2H3. The number of ether oxygens (including phenoxy) is 3. The molecule has 0 rings (SSSR count). The third-order valence-electron chi connectivity index (χ3n) is 2.57. The van der Waals surface area contributed by atoms with Gasteiger partial charge >= 0.3 is 0 Å². The summed E-state index contributed by atoms with van der Waals surface area (Å²) < 4.78 is 16.2. The first-order chi connectivity index (χ1) is 9.31. The summed E-state index contributed by atoms with van der Waals surface area (Å²) in [6.45, 7) is 10.2. The molecule has 0 radical (unpaired) electrons. The molecule has 0 bridgehead atoms. The fourth-order valence-electron chi connectivity index (χ4n) is 1.34. The van der Waals surface area contributed by atoms with E-state index in [1.165, 1.54) is 6.42 Å². The molecule has 0 saturated heterocycles. The van der Waals surface area contributed by atoms with Gasteiger partial charge in [-0.3, -0.25) is 0 Å². The molecule has 0 saturated carbocycles. The van der Waals surface area contributed by atoms with Gasteiger partial charge in [0.1, 0.15) is 0 Å².